The number of nitrogen functional groups attached to an aromatic ring is 1. The minimum Gasteiger partial charge on any atom is -0.481 e. The van der Waals surface area contributed by atoms with Gasteiger partial charge in [-0.15, -0.1) is 11.3 Å². The van der Waals surface area contributed by atoms with E-state index in [1.165, 1.54) is 11.3 Å². The van der Waals surface area contributed by atoms with Gasteiger partial charge in [0.25, 0.3) is 5.91 Å². The van der Waals surface area contributed by atoms with Crippen LogP contribution < -0.4 is 11.1 Å². The Kier molecular flexibility index (Phi) is 4.31. The number of hydrogen-bond acceptors (Lipinski definition) is 5. The predicted octanol–water partition coefficient (Wildman–Crippen LogP) is 1.99. The second-order valence-electron chi connectivity index (χ2n) is 4.12. The Morgan fingerprint density at radius 1 is 1.30 bits per heavy atom. The molecule has 0 bridgehead atoms. The summed E-state index contributed by atoms with van der Waals surface area (Å²) in [4.78, 5) is 26.2. The summed E-state index contributed by atoms with van der Waals surface area (Å²) >= 11 is 1.21. The fourth-order valence-corrected chi connectivity index (χ4v) is 2.14. The molecule has 0 aliphatic heterocycles. The number of aromatic nitrogens is 1. The zero-order valence-electron chi connectivity index (χ0n) is 10.5. The van der Waals surface area contributed by atoms with Gasteiger partial charge in [0.15, 0.2) is 5.13 Å². The molecule has 4 N–H and O–H groups in total. The van der Waals surface area contributed by atoms with Crippen LogP contribution in [-0.4, -0.2) is 22.0 Å². The number of amides is 1. The lowest BCUT2D eigenvalue weighted by Crippen LogP contribution is -2.12. The summed E-state index contributed by atoms with van der Waals surface area (Å²) in [6, 6.07) is 7.03. The van der Waals surface area contributed by atoms with Crippen molar-refractivity contribution in [2.75, 3.05) is 11.1 Å². The molecule has 0 radical (unpaired) electrons. The Labute approximate surface area is 119 Å². The van der Waals surface area contributed by atoms with Crippen LogP contribution in [0.5, 0.6) is 0 Å². The van der Waals surface area contributed by atoms with Crippen LogP contribution >= 0.6 is 11.3 Å². The van der Waals surface area contributed by atoms with Crippen LogP contribution in [0.1, 0.15) is 22.5 Å². The van der Waals surface area contributed by atoms with E-state index in [0.717, 1.165) is 5.56 Å². The van der Waals surface area contributed by atoms with Crippen LogP contribution in [0.2, 0.25) is 0 Å². The molecule has 2 aromatic rings. The number of nitrogens with one attached hydrogen (secondary N) is 1. The van der Waals surface area contributed by atoms with Gasteiger partial charge in [-0.2, -0.15) is 0 Å². The van der Waals surface area contributed by atoms with E-state index in [1.807, 2.05) is 0 Å². The van der Waals surface area contributed by atoms with Gasteiger partial charge in [0.05, 0.1) is 0 Å². The van der Waals surface area contributed by atoms with Crippen molar-refractivity contribution < 1.29 is 14.7 Å². The number of hydrogen-bond donors (Lipinski definition) is 3. The number of carbonyl (C=O) groups excluding carboxylic acids is 1. The largest absolute Gasteiger partial charge is 0.481 e. The molecular weight excluding hydrogens is 278 g/mol. The minimum absolute atomic E-state index is 0.0871. The number of aliphatic carboxylic acids is 1. The average Bonchev–Trinajstić information content (AvgIpc) is 2.85. The van der Waals surface area contributed by atoms with E-state index in [1.54, 1.807) is 29.6 Å². The monoisotopic (exact) mass is 291 g/mol. The SMILES string of the molecule is Nc1nc(C(=O)Nc2ccc(CCC(=O)O)cc2)cs1. The van der Waals surface area contributed by atoms with Gasteiger partial charge >= 0.3 is 5.97 Å². The highest BCUT2D eigenvalue weighted by molar-refractivity contribution is 7.13. The Morgan fingerprint density at radius 3 is 2.55 bits per heavy atom. The lowest BCUT2D eigenvalue weighted by Gasteiger charge is -2.04. The molecule has 0 aliphatic carbocycles. The zero-order chi connectivity index (χ0) is 14.5. The summed E-state index contributed by atoms with van der Waals surface area (Å²) < 4.78 is 0. The summed E-state index contributed by atoms with van der Waals surface area (Å²) in [7, 11) is 0. The maximum Gasteiger partial charge on any atom is 0.303 e. The fraction of sp³-hybridized carbons (Fsp3) is 0.154. The normalized spacial score (nSPS) is 10.2. The minimum atomic E-state index is -0.830. The number of rotatable bonds is 5. The highest BCUT2D eigenvalue weighted by Crippen LogP contribution is 2.15. The molecule has 0 spiro atoms. The molecule has 1 amide bonds. The molecule has 1 aromatic heterocycles. The van der Waals surface area contributed by atoms with Crippen molar-refractivity contribution in [2.45, 2.75) is 12.8 Å². The predicted molar refractivity (Wildman–Crippen MR) is 76.9 cm³/mol. The molecule has 2 rings (SSSR count). The summed E-state index contributed by atoms with van der Waals surface area (Å²) in [5.41, 5.74) is 7.28. The first kappa shape index (κ1) is 14.0. The topological polar surface area (TPSA) is 105 Å². The third-order valence-corrected chi connectivity index (χ3v) is 3.27. The van der Waals surface area contributed by atoms with E-state index in [2.05, 4.69) is 10.3 Å². The Morgan fingerprint density at radius 2 is 2.00 bits per heavy atom. The first-order valence-corrected chi connectivity index (χ1v) is 6.75. The second-order valence-corrected chi connectivity index (χ2v) is 5.01. The lowest BCUT2D eigenvalue weighted by molar-refractivity contribution is -0.136. The quantitative estimate of drug-likeness (QED) is 0.781. The molecule has 0 unspecified atom stereocenters. The van der Waals surface area contributed by atoms with Crippen LogP contribution in [0, 0.1) is 0 Å². The summed E-state index contributed by atoms with van der Waals surface area (Å²) in [5.74, 6) is -1.15. The highest BCUT2D eigenvalue weighted by Gasteiger charge is 2.09. The van der Waals surface area contributed by atoms with Gasteiger partial charge in [-0.05, 0) is 24.1 Å². The van der Waals surface area contributed by atoms with Crippen molar-refractivity contribution in [3.8, 4) is 0 Å². The number of anilines is 2. The smallest absolute Gasteiger partial charge is 0.303 e. The van der Waals surface area contributed by atoms with Crippen molar-refractivity contribution in [3.05, 3.63) is 40.9 Å². The standard InChI is InChI=1S/C13H13N3O3S/c14-13-16-10(7-20-13)12(19)15-9-4-1-8(2-5-9)3-6-11(17)18/h1-2,4-5,7H,3,6H2,(H2,14,16)(H,15,19)(H,17,18). The van der Waals surface area contributed by atoms with Gasteiger partial charge in [-0.1, -0.05) is 12.1 Å². The molecule has 1 heterocycles. The zero-order valence-corrected chi connectivity index (χ0v) is 11.3. The van der Waals surface area contributed by atoms with E-state index in [0.29, 0.717) is 17.2 Å². The second kappa shape index (κ2) is 6.16. The molecule has 7 heteroatoms. The molecule has 104 valence electrons. The van der Waals surface area contributed by atoms with Crippen molar-refractivity contribution in [2.24, 2.45) is 0 Å². The maximum absolute atomic E-state index is 11.8. The molecule has 0 saturated heterocycles. The van der Waals surface area contributed by atoms with Crippen LogP contribution in [0.15, 0.2) is 29.6 Å². The number of carboxylic acid groups (broad SMARTS) is 1. The Balaban J connectivity index is 1.96. The molecule has 0 saturated carbocycles. The van der Waals surface area contributed by atoms with Gasteiger partial charge in [-0.25, -0.2) is 4.98 Å². The molecule has 0 atom stereocenters. The third kappa shape index (κ3) is 3.79. The van der Waals surface area contributed by atoms with Crippen LogP contribution in [0.4, 0.5) is 10.8 Å². The van der Waals surface area contributed by atoms with Crippen LogP contribution in [-0.2, 0) is 11.2 Å². The van der Waals surface area contributed by atoms with Gasteiger partial charge in [0, 0.05) is 17.5 Å². The van der Waals surface area contributed by atoms with E-state index in [4.69, 9.17) is 10.8 Å². The Hall–Kier alpha value is -2.41. The maximum atomic E-state index is 11.8. The number of carboxylic acids is 1. The molecule has 0 aliphatic rings. The molecule has 20 heavy (non-hydrogen) atoms. The summed E-state index contributed by atoms with van der Waals surface area (Å²) in [6.45, 7) is 0. The van der Waals surface area contributed by atoms with E-state index in [-0.39, 0.29) is 18.0 Å². The van der Waals surface area contributed by atoms with Crippen LogP contribution in [0.3, 0.4) is 0 Å². The van der Waals surface area contributed by atoms with Gasteiger partial charge in [-0.3, -0.25) is 9.59 Å². The van der Waals surface area contributed by atoms with Crippen LogP contribution in [0.25, 0.3) is 0 Å². The van der Waals surface area contributed by atoms with Crippen molar-refractivity contribution in [3.63, 3.8) is 0 Å². The fourth-order valence-electron chi connectivity index (χ4n) is 1.59. The van der Waals surface area contributed by atoms with E-state index in [9.17, 15) is 9.59 Å². The van der Waals surface area contributed by atoms with Gasteiger partial charge in [0.1, 0.15) is 5.69 Å². The molecular formula is C13H13N3O3S. The number of nitrogens with zero attached hydrogens (tertiary/aromatic N) is 1. The average molecular weight is 291 g/mol. The lowest BCUT2D eigenvalue weighted by atomic mass is 10.1. The summed E-state index contributed by atoms with van der Waals surface area (Å²) in [6.07, 6.45) is 0.552. The highest BCUT2D eigenvalue weighted by atomic mass is 32.1. The van der Waals surface area contributed by atoms with Crippen molar-refractivity contribution in [1.82, 2.24) is 4.98 Å². The van der Waals surface area contributed by atoms with E-state index < -0.39 is 5.97 Å². The van der Waals surface area contributed by atoms with Gasteiger partial charge in [0.2, 0.25) is 0 Å². The number of carbonyl (C=O) groups is 2. The first-order chi connectivity index (χ1) is 9.54. The number of benzene rings is 1. The van der Waals surface area contributed by atoms with E-state index >= 15 is 0 Å². The van der Waals surface area contributed by atoms with Gasteiger partial charge < -0.3 is 16.2 Å². The number of nitrogens with two attached hydrogens (primary N) is 1. The number of thiazole rings is 1. The Bertz CT molecular complexity index is 622. The van der Waals surface area contributed by atoms with Crippen molar-refractivity contribution >= 4 is 34.0 Å². The van der Waals surface area contributed by atoms with Crippen molar-refractivity contribution in [1.29, 1.82) is 0 Å². The number of aryl methyl sites for hydroxylation is 1. The molecule has 6 nitrogen and oxygen atoms in total. The first-order valence-electron chi connectivity index (χ1n) is 5.87. The third-order valence-electron chi connectivity index (χ3n) is 2.59. The molecule has 0 fully saturated rings. The summed E-state index contributed by atoms with van der Waals surface area (Å²) in [5, 5.41) is 13.2. The molecule has 1 aromatic carbocycles.